The van der Waals surface area contributed by atoms with Gasteiger partial charge in [-0.25, -0.2) is 0 Å². The fourth-order valence-corrected chi connectivity index (χ4v) is 6.71. The van der Waals surface area contributed by atoms with Gasteiger partial charge in [0, 0.05) is 34.7 Å². The number of primary amides is 1. The van der Waals surface area contributed by atoms with Crippen molar-refractivity contribution in [2.75, 3.05) is 40.1 Å². The predicted octanol–water partition coefficient (Wildman–Crippen LogP) is 1.84. The van der Waals surface area contributed by atoms with Crippen molar-refractivity contribution in [1.29, 1.82) is 0 Å². The zero-order valence-corrected chi connectivity index (χ0v) is 25.0. The summed E-state index contributed by atoms with van der Waals surface area (Å²) < 4.78 is 0. The SMILES string of the molecule is CN(C)CC(=O)Nc1ccc(C#Cc2ccc(O)c3c2CC2CC4C(N(C)C)C(O)=C(C(N)=O)CC4(O)C(O)=C2C3=O)cc1. The summed E-state index contributed by atoms with van der Waals surface area (Å²) >= 11 is 0. The first-order valence-electron chi connectivity index (χ1n) is 14.2. The Kier molecular flexibility index (Phi) is 8.03. The molecule has 2 amide bonds. The first-order chi connectivity index (χ1) is 20.7. The first kappa shape index (κ1) is 30.8. The van der Waals surface area contributed by atoms with Crippen molar-refractivity contribution in [3.05, 3.63) is 81.3 Å². The van der Waals surface area contributed by atoms with Crippen LogP contribution in [-0.2, 0) is 16.0 Å². The predicted molar refractivity (Wildman–Crippen MR) is 163 cm³/mol. The molecule has 0 heterocycles. The lowest BCUT2D eigenvalue weighted by molar-refractivity contribution is -0.118. The summed E-state index contributed by atoms with van der Waals surface area (Å²) in [5.74, 6) is 2.09. The first-order valence-corrected chi connectivity index (χ1v) is 14.2. The monoisotopic (exact) mass is 600 g/mol. The van der Waals surface area contributed by atoms with Crippen molar-refractivity contribution in [1.82, 2.24) is 9.80 Å². The molecule has 11 heteroatoms. The van der Waals surface area contributed by atoms with Gasteiger partial charge < -0.3 is 36.4 Å². The molecule has 2 aromatic carbocycles. The van der Waals surface area contributed by atoms with Crippen LogP contribution in [0.4, 0.5) is 5.69 Å². The molecule has 0 radical (unpaired) electrons. The van der Waals surface area contributed by atoms with Crippen LogP contribution in [-0.4, -0.2) is 94.2 Å². The molecule has 11 nitrogen and oxygen atoms in total. The summed E-state index contributed by atoms with van der Waals surface area (Å²) in [5, 5.41) is 47.8. The lowest BCUT2D eigenvalue weighted by atomic mass is 9.59. The van der Waals surface area contributed by atoms with Crippen molar-refractivity contribution in [2.45, 2.75) is 30.9 Å². The van der Waals surface area contributed by atoms with Gasteiger partial charge in [0.2, 0.25) is 11.8 Å². The van der Waals surface area contributed by atoms with Crippen molar-refractivity contribution in [3.8, 4) is 17.6 Å². The van der Waals surface area contributed by atoms with Gasteiger partial charge in [-0.15, -0.1) is 0 Å². The molecule has 0 aliphatic heterocycles. The second kappa shape index (κ2) is 11.5. The molecule has 0 aromatic heterocycles. The maximum Gasteiger partial charge on any atom is 0.248 e. The topological polar surface area (TPSA) is 177 Å². The molecule has 4 atom stereocenters. The number of allylic oxidation sites excluding steroid dienone is 1. The van der Waals surface area contributed by atoms with Gasteiger partial charge in [-0.1, -0.05) is 11.8 Å². The number of aliphatic hydroxyl groups excluding tert-OH is 2. The Balaban J connectivity index is 1.50. The minimum Gasteiger partial charge on any atom is -0.510 e. The molecule has 230 valence electrons. The highest BCUT2D eigenvalue weighted by molar-refractivity contribution is 6.14. The van der Waals surface area contributed by atoms with E-state index >= 15 is 0 Å². The Morgan fingerprint density at radius 3 is 2.34 bits per heavy atom. The van der Waals surface area contributed by atoms with Gasteiger partial charge in [-0.2, -0.15) is 0 Å². The lowest BCUT2D eigenvalue weighted by Crippen LogP contribution is -2.59. The lowest BCUT2D eigenvalue weighted by Gasteiger charge is -2.51. The summed E-state index contributed by atoms with van der Waals surface area (Å²) in [4.78, 5) is 41.5. The molecule has 5 rings (SSSR count). The van der Waals surface area contributed by atoms with Crippen molar-refractivity contribution >= 4 is 23.3 Å². The number of amides is 2. The van der Waals surface area contributed by atoms with Gasteiger partial charge in [-0.3, -0.25) is 19.3 Å². The number of anilines is 1. The average Bonchev–Trinajstić information content (AvgIpc) is 2.93. The van der Waals surface area contributed by atoms with Crippen LogP contribution in [0.1, 0.15) is 39.9 Å². The molecule has 0 saturated heterocycles. The van der Waals surface area contributed by atoms with E-state index in [-0.39, 0.29) is 53.5 Å². The quantitative estimate of drug-likeness (QED) is 0.280. The molecular weight excluding hydrogens is 564 g/mol. The molecule has 0 fully saturated rings. The van der Waals surface area contributed by atoms with Gasteiger partial charge in [0.1, 0.15) is 22.9 Å². The summed E-state index contributed by atoms with van der Waals surface area (Å²) in [5.41, 5.74) is 5.62. The maximum absolute atomic E-state index is 13.9. The molecule has 44 heavy (non-hydrogen) atoms. The summed E-state index contributed by atoms with van der Waals surface area (Å²) in [6, 6.07) is 9.19. The fraction of sp³-hybridized carbons (Fsp3) is 0.364. The Morgan fingerprint density at radius 1 is 1.05 bits per heavy atom. The van der Waals surface area contributed by atoms with Crippen LogP contribution in [0.15, 0.2) is 59.1 Å². The molecule has 3 aliphatic rings. The number of phenolic OH excluding ortho intramolecular Hbond substituents is 1. The fourth-order valence-electron chi connectivity index (χ4n) is 6.71. The zero-order chi connectivity index (χ0) is 32.1. The zero-order valence-electron chi connectivity index (χ0n) is 25.0. The number of nitrogens with one attached hydrogen (secondary N) is 1. The molecule has 0 bridgehead atoms. The van der Waals surface area contributed by atoms with E-state index in [9.17, 15) is 34.8 Å². The number of Topliss-reactive ketones (excluding diaryl/α,β-unsaturated/α-hetero) is 1. The number of phenols is 1. The van der Waals surface area contributed by atoms with Crippen molar-refractivity contribution in [2.24, 2.45) is 17.6 Å². The maximum atomic E-state index is 13.9. The van der Waals surface area contributed by atoms with Crippen LogP contribution < -0.4 is 11.1 Å². The van der Waals surface area contributed by atoms with Crippen molar-refractivity contribution in [3.63, 3.8) is 0 Å². The van der Waals surface area contributed by atoms with Gasteiger partial charge in [0.25, 0.3) is 0 Å². The van der Waals surface area contributed by atoms with E-state index in [0.717, 1.165) is 0 Å². The summed E-state index contributed by atoms with van der Waals surface area (Å²) in [7, 11) is 6.97. The van der Waals surface area contributed by atoms with E-state index in [1.54, 1.807) is 54.2 Å². The summed E-state index contributed by atoms with van der Waals surface area (Å²) in [6.07, 6.45) is 0.0140. The Morgan fingerprint density at radius 2 is 1.73 bits per heavy atom. The normalized spacial score (nSPS) is 24.3. The van der Waals surface area contributed by atoms with E-state index in [1.165, 1.54) is 6.07 Å². The van der Waals surface area contributed by atoms with Crippen LogP contribution in [0, 0.1) is 23.7 Å². The minimum absolute atomic E-state index is 0.00378. The number of rotatable bonds is 5. The van der Waals surface area contributed by atoms with Gasteiger partial charge in [0.05, 0.1) is 23.7 Å². The number of nitrogens with zero attached hydrogens (tertiary/aromatic N) is 2. The number of ketones is 1. The number of hydrogen-bond acceptors (Lipinski definition) is 9. The van der Waals surface area contributed by atoms with E-state index < -0.39 is 47.3 Å². The molecular formula is C33H36N4O7. The van der Waals surface area contributed by atoms with Crippen molar-refractivity contribution < 1.29 is 34.8 Å². The summed E-state index contributed by atoms with van der Waals surface area (Å²) in [6.45, 7) is 0.254. The Hall–Kier alpha value is -4.63. The van der Waals surface area contributed by atoms with Gasteiger partial charge in [0.15, 0.2) is 5.78 Å². The molecule has 4 unspecified atom stereocenters. The highest BCUT2D eigenvalue weighted by Gasteiger charge is 2.58. The number of benzene rings is 2. The van der Waals surface area contributed by atoms with Crippen LogP contribution in [0.25, 0.3) is 0 Å². The second-order valence-electron chi connectivity index (χ2n) is 12.2. The van der Waals surface area contributed by atoms with Crippen LogP contribution in [0.5, 0.6) is 5.75 Å². The highest BCUT2D eigenvalue weighted by atomic mass is 16.3. The van der Waals surface area contributed by atoms with Gasteiger partial charge in [-0.05, 0) is 88.9 Å². The van der Waals surface area contributed by atoms with E-state index in [4.69, 9.17) is 5.73 Å². The largest absolute Gasteiger partial charge is 0.510 e. The van der Waals surface area contributed by atoms with E-state index in [1.807, 2.05) is 14.1 Å². The van der Waals surface area contributed by atoms with E-state index in [2.05, 4.69) is 17.2 Å². The second-order valence-corrected chi connectivity index (χ2v) is 12.2. The third-order valence-electron chi connectivity index (χ3n) is 8.68. The molecule has 2 aromatic rings. The van der Waals surface area contributed by atoms with E-state index in [0.29, 0.717) is 22.4 Å². The standard InChI is InChI=1S/C33H36N4O7/c1-36(2)16-25(39)35-20-10-6-17(7-11-20)5-8-18-9-12-24(38)27-21(18)13-19-14-23-28(37(3)4)29(40)22(32(34)43)15-33(23,44)31(42)26(19)30(27)41/h6-7,9-12,19,23,28,38,40,42,44H,13-16H2,1-4H3,(H2,34,43)(H,35,39). The molecule has 0 spiro atoms. The number of carbonyl (C=O) groups is 3. The number of hydrogen-bond donors (Lipinski definition) is 6. The minimum atomic E-state index is -2.02. The number of aromatic hydroxyl groups is 1. The Labute approximate surface area is 255 Å². The smallest absolute Gasteiger partial charge is 0.248 e. The number of aliphatic hydroxyl groups is 3. The molecule has 0 saturated carbocycles. The van der Waals surface area contributed by atoms with Gasteiger partial charge >= 0.3 is 0 Å². The third-order valence-corrected chi connectivity index (χ3v) is 8.68. The average molecular weight is 601 g/mol. The van der Waals surface area contributed by atoms with Crippen LogP contribution in [0.3, 0.4) is 0 Å². The third kappa shape index (κ3) is 5.32. The number of nitrogens with two attached hydrogens (primary N) is 1. The number of likely N-dealkylation sites (N-methyl/N-ethyl adjacent to an activating group) is 2. The van der Waals surface area contributed by atoms with Crippen LogP contribution in [0.2, 0.25) is 0 Å². The Bertz CT molecular complexity index is 1680. The van der Waals surface area contributed by atoms with Crippen LogP contribution >= 0.6 is 0 Å². The molecule has 3 aliphatic carbocycles. The number of fused-ring (bicyclic) bond motifs is 3. The highest BCUT2D eigenvalue weighted by Crippen LogP contribution is 2.53. The number of carbonyl (C=O) groups excluding carboxylic acids is 3. The molecule has 7 N–H and O–H groups in total.